The Morgan fingerprint density at radius 1 is 1.44 bits per heavy atom. The molecule has 1 fully saturated rings. The molecule has 4 rings (SSSR count). The Morgan fingerprint density at radius 3 is 2.89 bits per heavy atom. The van der Waals surface area contributed by atoms with Crippen LogP contribution in [-0.2, 0) is 11.1 Å². The molecule has 2 atom stereocenters. The number of nitrogens with two attached hydrogens (primary N) is 1. The van der Waals surface area contributed by atoms with Crippen molar-refractivity contribution in [3.8, 4) is 0 Å². The van der Waals surface area contributed by atoms with Gasteiger partial charge in [0, 0.05) is 24.4 Å². The Morgan fingerprint density at radius 2 is 2.22 bits per heavy atom. The van der Waals surface area contributed by atoms with Gasteiger partial charge in [0.25, 0.3) is 0 Å². The zero-order valence-corrected chi connectivity index (χ0v) is 17.2. The first-order valence-corrected chi connectivity index (χ1v) is 9.95. The summed E-state index contributed by atoms with van der Waals surface area (Å²) >= 11 is 2.96. The number of hydrogen-bond acceptors (Lipinski definition) is 9. The molecule has 0 bridgehead atoms. The van der Waals surface area contributed by atoms with Crippen LogP contribution >= 0.6 is 35.7 Å². The third-order valence-corrected chi connectivity index (χ3v) is 6.62. The second kappa shape index (κ2) is 7.16. The standard InChI is InChI=1S/C16H19FN6OS2.ClH/c1-15(2,24)12-10(17)5-19-14(21-12)23-6-9-7-25-13(18)22-16(9,8-23)11-3-4-20-26-11;/h3-5,9,24H,6-8H2,1-2H3,(H2,18,22);1H/t9-,16-;/m0./s1. The average Bonchev–Trinajstić information content (AvgIpc) is 3.22. The first-order chi connectivity index (χ1) is 12.3. The van der Waals surface area contributed by atoms with Crippen LogP contribution in [0.5, 0.6) is 0 Å². The summed E-state index contributed by atoms with van der Waals surface area (Å²) in [5.41, 5.74) is 4.15. The van der Waals surface area contributed by atoms with Crippen molar-refractivity contribution in [3.05, 3.63) is 34.8 Å². The molecule has 11 heteroatoms. The minimum atomic E-state index is -1.39. The molecule has 146 valence electrons. The molecule has 0 spiro atoms. The van der Waals surface area contributed by atoms with E-state index in [0.29, 0.717) is 24.2 Å². The fourth-order valence-electron chi connectivity index (χ4n) is 3.50. The van der Waals surface area contributed by atoms with Gasteiger partial charge in [-0.05, 0) is 31.4 Å². The van der Waals surface area contributed by atoms with Crippen LogP contribution < -0.4 is 10.6 Å². The van der Waals surface area contributed by atoms with Gasteiger partial charge in [-0.25, -0.2) is 23.7 Å². The normalized spacial score (nSPS) is 25.0. The second-order valence-corrected chi connectivity index (χ2v) is 8.94. The highest BCUT2D eigenvalue weighted by molar-refractivity contribution is 8.13. The minimum Gasteiger partial charge on any atom is -0.384 e. The Kier molecular flexibility index (Phi) is 5.37. The van der Waals surface area contributed by atoms with Crippen LogP contribution in [0.25, 0.3) is 0 Å². The lowest BCUT2D eigenvalue weighted by Gasteiger charge is -2.32. The summed E-state index contributed by atoms with van der Waals surface area (Å²) in [6.07, 6.45) is 2.88. The maximum absolute atomic E-state index is 14.0. The average molecular weight is 431 g/mol. The molecule has 1 saturated heterocycles. The number of aliphatic imine (C=N–C) groups is 1. The summed E-state index contributed by atoms with van der Waals surface area (Å²) in [4.78, 5) is 16.3. The number of anilines is 1. The van der Waals surface area contributed by atoms with E-state index < -0.39 is 17.0 Å². The summed E-state index contributed by atoms with van der Waals surface area (Å²) in [6, 6.07) is 1.97. The molecule has 7 nitrogen and oxygen atoms in total. The van der Waals surface area contributed by atoms with Crippen molar-refractivity contribution in [3.63, 3.8) is 0 Å². The highest BCUT2D eigenvalue weighted by Crippen LogP contribution is 2.47. The van der Waals surface area contributed by atoms with E-state index in [1.807, 2.05) is 11.0 Å². The first-order valence-electron chi connectivity index (χ1n) is 8.19. The maximum Gasteiger partial charge on any atom is 0.225 e. The molecular weight excluding hydrogens is 411 g/mol. The van der Waals surface area contributed by atoms with Gasteiger partial charge < -0.3 is 15.7 Å². The van der Waals surface area contributed by atoms with Crippen molar-refractivity contribution in [2.45, 2.75) is 25.0 Å². The van der Waals surface area contributed by atoms with Gasteiger partial charge in [-0.15, -0.1) is 12.4 Å². The fraction of sp³-hybridized carbons (Fsp3) is 0.500. The number of nitrogens with zero attached hydrogens (tertiary/aromatic N) is 5. The molecule has 2 aliphatic rings. The molecule has 0 saturated carbocycles. The Labute approximate surface area is 170 Å². The summed E-state index contributed by atoms with van der Waals surface area (Å²) in [5, 5.41) is 10.7. The van der Waals surface area contributed by atoms with Crippen LogP contribution in [0.2, 0.25) is 0 Å². The summed E-state index contributed by atoms with van der Waals surface area (Å²) in [7, 11) is 0. The van der Waals surface area contributed by atoms with E-state index in [-0.39, 0.29) is 24.0 Å². The zero-order valence-electron chi connectivity index (χ0n) is 14.8. The molecule has 27 heavy (non-hydrogen) atoms. The molecule has 0 radical (unpaired) electrons. The summed E-state index contributed by atoms with van der Waals surface area (Å²) in [6.45, 7) is 4.23. The van der Waals surface area contributed by atoms with E-state index in [9.17, 15) is 9.50 Å². The van der Waals surface area contributed by atoms with Crippen LogP contribution in [0.15, 0.2) is 23.5 Å². The third kappa shape index (κ3) is 3.51. The molecule has 0 aromatic carbocycles. The lowest BCUT2D eigenvalue weighted by atomic mass is 9.87. The van der Waals surface area contributed by atoms with Crippen molar-refractivity contribution >= 4 is 46.8 Å². The number of amidine groups is 1. The molecule has 2 aromatic heterocycles. The Balaban J connectivity index is 0.00000210. The SMILES string of the molecule is CC(C)(O)c1nc(N2C[C@H]3CSC(N)=N[C@@]3(c3ccns3)C2)ncc1F.Cl. The van der Waals surface area contributed by atoms with Crippen molar-refractivity contribution in [2.24, 2.45) is 16.6 Å². The number of thioether (sulfide) groups is 1. The number of halogens is 2. The zero-order chi connectivity index (χ0) is 18.5. The summed E-state index contributed by atoms with van der Waals surface area (Å²) < 4.78 is 18.3. The predicted octanol–water partition coefficient (Wildman–Crippen LogP) is 2.11. The Hall–Kier alpha value is -1.49. The van der Waals surface area contributed by atoms with E-state index in [1.165, 1.54) is 25.4 Å². The van der Waals surface area contributed by atoms with E-state index in [4.69, 9.17) is 10.7 Å². The smallest absolute Gasteiger partial charge is 0.225 e. The first kappa shape index (κ1) is 20.2. The molecule has 2 aliphatic heterocycles. The van der Waals surface area contributed by atoms with Crippen LogP contribution in [0.3, 0.4) is 0 Å². The number of rotatable bonds is 3. The molecular formula is C16H20ClFN6OS2. The van der Waals surface area contributed by atoms with Crippen molar-refractivity contribution in [2.75, 3.05) is 23.7 Å². The third-order valence-electron chi connectivity index (χ3n) is 4.75. The predicted molar refractivity (Wildman–Crippen MR) is 108 cm³/mol. The topological polar surface area (TPSA) is 101 Å². The highest BCUT2D eigenvalue weighted by Gasteiger charge is 2.51. The van der Waals surface area contributed by atoms with Gasteiger partial charge in [0.05, 0.1) is 17.6 Å². The number of hydrogen-bond donors (Lipinski definition) is 2. The van der Waals surface area contributed by atoms with Crippen LogP contribution in [-0.4, -0.2) is 43.5 Å². The quantitative estimate of drug-likeness (QED) is 0.769. The lowest BCUT2D eigenvalue weighted by Crippen LogP contribution is -2.39. The Bertz CT molecular complexity index is 859. The van der Waals surface area contributed by atoms with Crippen LogP contribution in [0, 0.1) is 11.7 Å². The van der Waals surface area contributed by atoms with E-state index in [2.05, 4.69) is 14.3 Å². The molecule has 0 amide bonds. The number of fused-ring (bicyclic) bond motifs is 1. The van der Waals surface area contributed by atoms with Gasteiger partial charge in [0.1, 0.15) is 16.8 Å². The van der Waals surface area contributed by atoms with Crippen LogP contribution in [0.4, 0.5) is 10.3 Å². The number of aliphatic hydroxyl groups is 1. The molecule has 3 N–H and O–H groups in total. The maximum atomic E-state index is 14.0. The largest absolute Gasteiger partial charge is 0.384 e. The van der Waals surface area contributed by atoms with Gasteiger partial charge in [0.15, 0.2) is 11.0 Å². The molecule has 2 aromatic rings. The van der Waals surface area contributed by atoms with Crippen molar-refractivity contribution in [1.82, 2.24) is 14.3 Å². The van der Waals surface area contributed by atoms with Crippen molar-refractivity contribution in [1.29, 1.82) is 0 Å². The fourth-order valence-corrected chi connectivity index (χ4v) is 5.27. The van der Waals surface area contributed by atoms with Gasteiger partial charge in [0.2, 0.25) is 5.95 Å². The number of aromatic nitrogens is 3. The lowest BCUT2D eigenvalue weighted by molar-refractivity contribution is 0.0693. The van der Waals surface area contributed by atoms with Gasteiger partial charge in [-0.1, -0.05) is 11.8 Å². The minimum absolute atomic E-state index is 0. The second-order valence-electron chi connectivity index (χ2n) is 7.06. The molecule has 0 unspecified atom stereocenters. The highest BCUT2D eigenvalue weighted by atomic mass is 35.5. The summed E-state index contributed by atoms with van der Waals surface area (Å²) in [5.74, 6) is 0.830. The van der Waals surface area contributed by atoms with Crippen LogP contribution in [0.1, 0.15) is 24.4 Å². The molecule has 0 aliphatic carbocycles. The monoisotopic (exact) mass is 430 g/mol. The van der Waals surface area contributed by atoms with Crippen molar-refractivity contribution < 1.29 is 9.50 Å². The van der Waals surface area contributed by atoms with E-state index in [0.717, 1.165) is 16.8 Å². The van der Waals surface area contributed by atoms with Gasteiger partial charge >= 0.3 is 0 Å². The van der Waals surface area contributed by atoms with E-state index >= 15 is 0 Å². The molecule has 4 heterocycles. The van der Waals surface area contributed by atoms with E-state index in [1.54, 1.807) is 18.0 Å². The van der Waals surface area contributed by atoms with Gasteiger partial charge in [-0.2, -0.15) is 0 Å². The van der Waals surface area contributed by atoms with Gasteiger partial charge in [-0.3, -0.25) is 0 Å².